The van der Waals surface area contributed by atoms with Crippen molar-refractivity contribution in [2.75, 3.05) is 26.2 Å². The van der Waals surface area contributed by atoms with Crippen molar-refractivity contribution in [1.82, 2.24) is 10.2 Å². The Kier molecular flexibility index (Phi) is 4.40. The zero-order valence-corrected chi connectivity index (χ0v) is 10.7. The minimum Gasteiger partial charge on any atom is -0.391 e. The van der Waals surface area contributed by atoms with E-state index in [4.69, 9.17) is 0 Å². The summed E-state index contributed by atoms with van der Waals surface area (Å²) in [4.78, 5) is 14.0. The lowest BCUT2D eigenvalue weighted by Gasteiger charge is -2.35. The highest BCUT2D eigenvalue weighted by molar-refractivity contribution is 5.76. The van der Waals surface area contributed by atoms with Crippen LogP contribution in [0.1, 0.15) is 32.6 Å². The minimum absolute atomic E-state index is 0.239. The number of hydrogen-bond donors (Lipinski definition) is 2. The molecule has 2 N–H and O–H groups in total. The molecule has 2 aliphatic heterocycles. The molecular formula is C13H24N2O2. The van der Waals surface area contributed by atoms with Crippen LogP contribution in [0.3, 0.4) is 0 Å². The SMILES string of the molecule is CC1CCN(C(=O)CC2CCNCC2)CC1O. The number of carbonyl (C=O) groups excluding carboxylic acids is 1. The highest BCUT2D eigenvalue weighted by Gasteiger charge is 2.28. The van der Waals surface area contributed by atoms with Crippen molar-refractivity contribution in [1.29, 1.82) is 0 Å². The number of carbonyl (C=O) groups is 1. The van der Waals surface area contributed by atoms with Gasteiger partial charge < -0.3 is 15.3 Å². The van der Waals surface area contributed by atoms with E-state index in [1.54, 1.807) is 0 Å². The highest BCUT2D eigenvalue weighted by atomic mass is 16.3. The van der Waals surface area contributed by atoms with Gasteiger partial charge in [-0.3, -0.25) is 4.79 Å². The van der Waals surface area contributed by atoms with E-state index >= 15 is 0 Å². The maximum atomic E-state index is 12.1. The Morgan fingerprint density at radius 2 is 2.06 bits per heavy atom. The second-order valence-corrected chi connectivity index (χ2v) is 5.57. The molecule has 0 bridgehead atoms. The molecule has 2 heterocycles. The van der Waals surface area contributed by atoms with Gasteiger partial charge in [-0.15, -0.1) is 0 Å². The number of β-amino-alcohol motifs (C(OH)–C–C–N with tert-alkyl or cyclic N) is 1. The number of aliphatic hydroxyl groups excluding tert-OH is 1. The maximum absolute atomic E-state index is 12.1. The van der Waals surface area contributed by atoms with E-state index < -0.39 is 0 Å². The fourth-order valence-electron chi connectivity index (χ4n) is 2.74. The molecule has 98 valence electrons. The first-order chi connectivity index (χ1) is 8.16. The number of nitrogens with one attached hydrogen (secondary N) is 1. The third kappa shape index (κ3) is 3.42. The van der Waals surface area contributed by atoms with E-state index in [0.717, 1.165) is 38.9 Å². The van der Waals surface area contributed by atoms with Crippen molar-refractivity contribution in [3.8, 4) is 0 Å². The van der Waals surface area contributed by atoms with Crippen LogP contribution in [0, 0.1) is 11.8 Å². The molecule has 2 fully saturated rings. The molecule has 2 unspecified atom stereocenters. The van der Waals surface area contributed by atoms with Crippen LogP contribution in [-0.4, -0.2) is 48.2 Å². The van der Waals surface area contributed by atoms with E-state index in [2.05, 4.69) is 12.2 Å². The summed E-state index contributed by atoms with van der Waals surface area (Å²) < 4.78 is 0. The zero-order valence-electron chi connectivity index (χ0n) is 10.7. The summed E-state index contributed by atoms with van der Waals surface area (Å²) in [5.74, 6) is 1.11. The molecule has 0 aromatic carbocycles. The molecule has 1 amide bonds. The average molecular weight is 240 g/mol. The van der Waals surface area contributed by atoms with Crippen LogP contribution in [0.4, 0.5) is 0 Å². The molecule has 2 aliphatic rings. The van der Waals surface area contributed by atoms with E-state index in [9.17, 15) is 9.90 Å². The molecule has 0 radical (unpaired) electrons. The van der Waals surface area contributed by atoms with Gasteiger partial charge in [0.15, 0.2) is 0 Å². The zero-order chi connectivity index (χ0) is 12.3. The lowest BCUT2D eigenvalue weighted by molar-refractivity contribution is -0.136. The van der Waals surface area contributed by atoms with Gasteiger partial charge in [0.2, 0.25) is 5.91 Å². The Hall–Kier alpha value is -0.610. The first-order valence-electron chi connectivity index (χ1n) is 6.83. The smallest absolute Gasteiger partial charge is 0.222 e. The van der Waals surface area contributed by atoms with E-state index in [0.29, 0.717) is 24.8 Å². The number of aliphatic hydroxyl groups is 1. The molecule has 0 aliphatic carbocycles. The van der Waals surface area contributed by atoms with Crippen molar-refractivity contribution in [3.05, 3.63) is 0 Å². The molecular weight excluding hydrogens is 216 g/mol. The number of likely N-dealkylation sites (tertiary alicyclic amines) is 1. The first-order valence-corrected chi connectivity index (χ1v) is 6.83. The van der Waals surface area contributed by atoms with Gasteiger partial charge in [-0.05, 0) is 44.2 Å². The van der Waals surface area contributed by atoms with Gasteiger partial charge in [0.1, 0.15) is 0 Å². The normalized spacial score (nSPS) is 31.5. The molecule has 2 rings (SSSR count). The Labute approximate surface area is 103 Å². The molecule has 4 heteroatoms. The molecule has 4 nitrogen and oxygen atoms in total. The quantitative estimate of drug-likeness (QED) is 0.743. The van der Waals surface area contributed by atoms with E-state index in [1.165, 1.54) is 0 Å². The lowest BCUT2D eigenvalue weighted by atomic mass is 9.92. The van der Waals surface area contributed by atoms with Crippen molar-refractivity contribution in [2.45, 2.75) is 38.7 Å². The average Bonchev–Trinajstić information content (AvgIpc) is 2.34. The van der Waals surface area contributed by atoms with Gasteiger partial charge in [-0.1, -0.05) is 6.92 Å². The first kappa shape index (κ1) is 12.8. The molecule has 0 aromatic heterocycles. The largest absolute Gasteiger partial charge is 0.391 e. The Morgan fingerprint density at radius 1 is 1.35 bits per heavy atom. The van der Waals surface area contributed by atoms with Crippen LogP contribution >= 0.6 is 0 Å². The lowest BCUT2D eigenvalue weighted by Crippen LogP contribution is -2.46. The maximum Gasteiger partial charge on any atom is 0.222 e. The summed E-state index contributed by atoms with van der Waals surface area (Å²) in [6, 6.07) is 0. The summed E-state index contributed by atoms with van der Waals surface area (Å²) in [5.41, 5.74) is 0. The molecule has 0 spiro atoms. The molecule has 2 saturated heterocycles. The fourth-order valence-corrected chi connectivity index (χ4v) is 2.74. The molecule has 2 atom stereocenters. The summed E-state index contributed by atoms with van der Waals surface area (Å²) in [5, 5.41) is 13.1. The molecule has 0 saturated carbocycles. The Bertz CT molecular complexity index is 264. The number of nitrogens with zero attached hydrogens (tertiary/aromatic N) is 1. The van der Waals surface area contributed by atoms with Crippen LogP contribution in [0.2, 0.25) is 0 Å². The van der Waals surface area contributed by atoms with Crippen LogP contribution in [0.5, 0.6) is 0 Å². The Balaban J connectivity index is 1.79. The predicted octanol–water partition coefficient (Wildman–Crippen LogP) is 0.605. The summed E-state index contributed by atoms with van der Waals surface area (Å²) in [6.45, 7) is 5.49. The van der Waals surface area contributed by atoms with Crippen molar-refractivity contribution >= 4 is 5.91 Å². The van der Waals surface area contributed by atoms with Crippen LogP contribution in [0.15, 0.2) is 0 Å². The van der Waals surface area contributed by atoms with Crippen LogP contribution in [0.25, 0.3) is 0 Å². The monoisotopic (exact) mass is 240 g/mol. The van der Waals surface area contributed by atoms with E-state index in [-0.39, 0.29) is 12.0 Å². The summed E-state index contributed by atoms with van der Waals surface area (Å²) in [7, 11) is 0. The Morgan fingerprint density at radius 3 is 2.71 bits per heavy atom. The number of amides is 1. The van der Waals surface area contributed by atoms with Gasteiger partial charge in [0.25, 0.3) is 0 Å². The van der Waals surface area contributed by atoms with Gasteiger partial charge in [-0.2, -0.15) is 0 Å². The van der Waals surface area contributed by atoms with Gasteiger partial charge in [0, 0.05) is 19.5 Å². The topological polar surface area (TPSA) is 52.6 Å². The third-order valence-corrected chi connectivity index (χ3v) is 4.19. The van der Waals surface area contributed by atoms with Gasteiger partial charge >= 0.3 is 0 Å². The fraction of sp³-hybridized carbons (Fsp3) is 0.923. The summed E-state index contributed by atoms with van der Waals surface area (Å²) in [6.07, 6.45) is 3.49. The van der Waals surface area contributed by atoms with Gasteiger partial charge in [0.05, 0.1) is 6.10 Å². The number of piperidine rings is 2. The molecule has 0 aromatic rings. The highest BCUT2D eigenvalue weighted by Crippen LogP contribution is 2.21. The number of hydrogen-bond acceptors (Lipinski definition) is 3. The van der Waals surface area contributed by atoms with Crippen molar-refractivity contribution in [3.63, 3.8) is 0 Å². The standard InChI is InChI=1S/C13H24N2O2/c1-10-4-7-15(9-12(10)16)13(17)8-11-2-5-14-6-3-11/h10-12,14,16H,2-9H2,1H3. The van der Waals surface area contributed by atoms with Gasteiger partial charge in [-0.25, -0.2) is 0 Å². The molecule has 17 heavy (non-hydrogen) atoms. The van der Waals surface area contributed by atoms with E-state index in [1.807, 2.05) is 4.90 Å². The van der Waals surface area contributed by atoms with Crippen molar-refractivity contribution < 1.29 is 9.90 Å². The second kappa shape index (κ2) is 5.83. The van der Waals surface area contributed by atoms with Crippen molar-refractivity contribution in [2.24, 2.45) is 11.8 Å². The summed E-state index contributed by atoms with van der Waals surface area (Å²) >= 11 is 0. The minimum atomic E-state index is -0.333. The van der Waals surface area contributed by atoms with Crippen LogP contribution < -0.4 is 5.32 Å². The number of rotatable bonds is 2. The predicted molar refractivity (Wildman–Crippen MR) is 66.6 cm³/mol. The van der Waals surface area contributed by atoms with Crippen LogP contribution in [-0.2, 0) is 4.79 Å². The second-order valence-electron chi connectivity index (χ2n) is 5.57. The third-order valence-electron chi connectivity index (χ3n) is 4.19.